The lowest BCUT2D eigenvalue weighted by Crippen LogP contribution is -2.57. The number of nitrogens with one attached hydrogen (secondary N) is 1. The van der Waals surface area contributed by atoms with Gasteiger partial charge < -0.3 is 24.6 Å². The summed E-state index contributed by atoms with van der Waals surface area (Å²) in [6, 6.07) is 3.32. The second-order valence-corrected chi connectivity index (χ2v) is 16.5. The monoisotopic (exact) mass is 890 g/mol. The van der Waals surface area contributed by atoms with Crippen LogP contribution in [0.2, 0.25) is 5.15 Å². The first-order valence-electron chi connectivity index (χ1n) is 18.6. The number of hydrogen-bond donors (Lipinski definition) is 1. The zero-order valence-corrected chi connectivity index (χ0v) is 34.5. The number of aromatic nitrogens is 5. The minimum Gasteiger partial charge on any atom is -0.470 e. The first kappa shape index (κ1) is 43.9. The molecule has 23 heteroatoms. The number of carbonyl (C=O) groups is 2. The Morgan fingerprint density at radius 2 is 1.39 bits per heavy atom. The third-order valence-electron chi connectivity index (χ3n) is 9.66. The summed E-state index contributed by atoms with van der Waals surface area (Å²) in [5.41, 5.74) is -4.38. The van der Waals surface area contributed by atoms with Crippen LogP contribution in [0.1, 0.15) is 63.1 Å². The molecule has 0 atom stereocenters. The van der Waals surface area contributed by atoms with E-state index in [1.807, 2.05) is 21.9 Å². The normalized spacial score (nSPS) is 15.9. The maximum atomic E-state index is 14.3. The molecule has 0 bridgehead atoms. The Hall–Kier alpha value is -4.70. The molecule has 3 amide bonds. The molecular formula is C36H41ClF6N10O4S2. The number of halogens is 7. The van der Waals surface area contributed by atoms with Crippen LogP contribution in [0.15, 0.2) is 42.7 Å². The van der Waals surface area contributed by atoms with E-state index in [-0.39, 0.29) is 42.8 Å². The molecule has 2 aliphatic heterocycles. The van der Waals surface area contributed by atoms with Crippen molar-refractivity contribution in [3.63, 3.8) is 0 Å². The molecule has 5 heterocycles. The summed E-state index contributed by atoms with van der Waals surface area (Å²) < 4.78 is 113. The Bertz CT molecular complexity index is 2000. The van der Waals surface area contributed by atoms with Crippen LogP contribution in [0.4, 0.5) is 53.3 Å². The molecule has 2 saturated heterocycles. The van der Waals surface area contributed by atoms with Gasteiger partial charge in [-0.25, -0.2) is 14.6 Å². The van der Waals surface area contributed by atoms with Gasteiger partial charge in [0.1, 0.15) is 12.2 Å². The first-order chi connectivity index (χ1) is 27.9. The highest BCUT2D eigenvalue weighted by atomic mass is 35.5. The molecule has 1 N–H and O–H groups in total. The minimum absolute atomic E-state index is 0.00202. The van der Waals surface area contributed by atoms with Crippen molar-refractivity contribution in [2.75, 3.05) is 54.1 Å². The molecule has 14 nitrogen and oxygen atoms in total. The lowest BCUT2D eigenvalue weighted by Gasteiger charge is -2.40. The number of piperidine rings is 2. The number of pyridine rings is 1. The number of hydrazine groups is 1. The molecule has 4 aromatic rings. The fourth-order valence-electron chi connectivity index (χ4n) is 6.66. The first-order valence-corrected chi connectivity index (χ1v) is 20.4. The van der Waals surface area contributed by atoms with Gasteiger partial charge in [-0.1, -0.05) is 11.6 Å². The summed E-state index contributed by atoms with van der Waals surface area (Å²) >= 11 is 8.12. The molecule has 1 aromatic carbocycles. The van der Waals surface area contributed by atoms with Gasteiger partial charge in [0.25, 0.3) is 5.88 Å². The van der Waals surface area contributed by atoms with Crippen LogP contribution in [0, 0.1) is 11.8 Å². The Morgan fingerprint density at radius 1 is 0.831 bits per heavy atom. The lowest BCUT2D eigenvalue weighted by molar-refractivity contribution is -0.143. The maximum Gasteiger partial charge on any atom is 0.429 e. The van der Waals surface area contributed by atoms with Gasteiger partial charge in [-0.3, -0.25) is 4.98 Å². The number of ether oxygens (including phenoxy) is 2. The van der Waals surface area contributed by atoms with E-state index in [4.69, 9.17) is 21.1 Å². The van der Waals surface area contributed by atoms with Gasteiger partial charge >= 0.3 is 24.5 Å². The quantitative estimate of drug-likeness (QED) is 0.121. The van der Waals surface area contributed by atoms with Gasteiger partial charge in [-0.05, 0) is 94.2 Å². The average molecular weight is 891 g/mol. The average Bonchev–Trinajstić information content (AvgIpc) is 3.84. The van der Waals surface area contributed by atoms with Crippen molar-refractivity contribution in [1.29, 1.82) is 0 Å². The molecule has 3 aromatic heterocycles. The molecular weight excluding hydrogens is 850 g/mol. The zero-order valence-electron chi connectivity index (χ0n) is 32.1. The number of anilines is 3. The highest BCUT2D eigenvalue weighted by molar-refractivity contribution is 7.00. The van der Waals surface area contributed by atoms with E-state index >= 15 is 0 Å². The van der Waals surface area contributed by atoms with Crippen LogP contribution in [0.5, 0.6) is 5.88 Å². The molecule has 0 saturated carbocycles. The summed E-state index contributed by atoms with van der Waals surface area (Å²) in [5.74, 6) is 0.893. The number of carbonyl (C=O) groups excluding carboxylic acids is 2. The molecule has 0 aliphatic carbocycles. The van der Waals surface area contributed by atoms with Gasteiger partial charge in [0, 0.05) is 51.7 Å². The predicted octanol–water partition coefficient (Wildman–Crippen LogP) is 8.56. The SMILES string of the molecule is CC(C)(C)OC(=O)N(CC1CCN(c2nsnc2Cl)CC1)N(C(=O)NCC1CCN(c2nsnc2OCc2ccncc2)CC1)c1cc(C(F)(F)F)cc(C(F)(F)F)c1. The van der Waals surface area contributed by atoms with Crippen molar-refractivity contribution < 1.29 is 45.4 Å². The van der Waals surface area contributed by atoms with Crippen molar-refractivity contribution >= 4 is 64.5 Å². The lowest BCUT2D eigenvalue weighted by atomic mass is 9.96. The van der Waals surface area contributed by atoms with Gasteiger partial charge in [-0.2, -0.15) is 44.5 Å². The van der Waals surface area contributed by atoms with Crippen LogP contribution in [-0.4, -0.2) is 84.5 Å². The molecule has 0 radical (unpaired) electrons. The van der Waals surface area contributed by atoms with E-state index in [0.29, 0.717) is 86.5 Å². The van der Waals surface area contributed by atoms with Gasteiger partial charge in [-0.15, -0.1) is 4.37 Å². The Kier molecular flexibility index (Phi) is 13.6. The number of urea groups is 1. The van der Waals surface area contributed by atoms with Crippen LogP contribution in [0.3, 0.4) is 0 Å². The smallest absolute Gasteiger partial charge is 0.429 e. The van der Waals surface area contributed by atoms with E-state index in [9.17, 15) is 35.9 Å². The van der Waals surface area contributed by atoms with Crippen LogP contribution < -0.4 is 24.9 Å². The third kappa shape index (κ3) is 11.5. The fourth-order valence-corrected chi connectivity index (χ4v) is 7.96. The van der Waals surface area contributed by atoms with E-state index in [1.54, 1.807) is 33.2 Å². The van der Waals surface area contributed by atoms with Crippen molar-refractivity contribution in [3.05, 3.63) is 64.6 Å². The number of benzene rings is 1. The molecule has 2 aliphatic rings. The Balaban J connectivity index is 1.23. The summed E-state index contributed by atoms with van der Waals surface area (Å²) in [6.45, 7) is 6.42. The topological polar surface area (TPSA) is 142 Å². The summed E-state index contributed by atoms with van der Waals surface area (Å²) in [7, 11) is 0. The summed E-state index contributed by atoms with van der Waals surface area (Å²) in [4.78, 5) is 36.2. The van der Waals surface area contributed by atoms with Gasteiger partial charge in [0.05, 0.1) is 40.3 Å². The maximum absolute atomic E-state index is 14.3. The number of nitrogens with zero attached hydrogens (tertiary/aromatic N) is 9. The third-order valence-corrected chi connectivity index (χ3v) is 11.0. The molecule has 6 rings (SSSR count). The van der Waals surface area contributed by atoms with Crippen LogP contribution in [-0.2, 0) is 23.7 Å². The summed E-state index contributed by atoms with van der Waals surface area (Å²) in [5, 5.41) is 4.25. The van der Waals surface area contributed by atoms with Crippen molar-refractivity contribution in [1.82, 2.24) is 32.8 Å². The van der Waals surface area contributed by atoms with Crippen molar-refractivity contribution in [3.8, 4) is 5.88 Å². The molecule has 0 unspecified atom stereocenters. The molecule has 2 fully saturated rings. The Labute approximate surface area is 349 Å². The number of rotatable bonds is 10. The number of hydrogen-bond acceptors (Lipinski definition) is 13. The minimum atomic E-state index is -5.22. The second-order valence-electron chi connectivity index (χ2n) is 15.1. The number of amides is 3. The molecule has 59 heavy (non-hydrogen) atoms. The largest absolute Gasteiger partial charge is 0.470 e. The van der Waals surface area contributed by atoms with Gasteiger partial charge in [0.2, 0.25) is 5.82 Å². The predicted molar refractivity (Wildman–Crippen MR) is 209 cm³/mol. The van der Waals surface area contributed by atoms with Crippen LogP contribution in [0.25, 0.3) is 0 Å². The Morgan fingerprint density at radius 3 is 1.95 bits per heavy atom. The van der Waals surface area contributed by atoms with E-state index in [1.165, 1.54) is 0 Å². The summed E-state index contributed by atoms with van der Waals surface area (Å²) in [6.07, 6.45) is -6.39. The number of alkyl halides is 6. The van der Waals surface area contributed by atoms with E-state index in [0.717, 1.165) is 34.0 Å². The highest BCUT2D eigenvalue weighted by Crippen LogP contribution is 2.40. The van der Waals surface area contributed by atoms with Crippen molar-refractivity contribution in [2.24, 2.45) is 11.8 Å². The zero-order chi connectivity index (χ0) is 42.5. The van der Waals surface area contributed by atoms with E-state index < -0.39 is 46.9 Å². The van der Waals surface area contributed by atoms with Gasteiger partial charge in [0.15, 0.2) is 11.0 Å². The second kappa shape index (κ2) is 18.3. The molecule has 320 valence electrons. The van der Waals surface area contributed by atoms with E-state index in [2.05, 4.69) is 27.8 Å². The highest BCUT2D eigenvalue weighted by Gasteiger charge is 2.41. The fraction of sp³-hybridized carbons (Fsp3) is 0.528. The molecule has 0 spiro atoms. The standard InChI is InChI=1S/C36H41ClF6N10O4S2/c1-34(2,3)57-33(55)52(20-23-8-14-50(15-9-23)29-28(37)46-58-47-29)53(27-17-25(35(38,39)40)16-26(18-27)36(41,42)43)32(54)45-19-22-6-12-51(13-7-22)30-31(49-59-48-30)56-21-24-4-10-44-11-5-24/h4-5,10-11,16-18,22-23H,6-9,12-15,19-21H2,1-3H3,(H,45,54). The van der Waals surface area contributed by atoms with Crippen LogP contribution >= 0.6 is 35.1 Å². The van der Waals surface area contributed by atoms with Crippen molar-refractivity contribution in [2.45, 2.75) is 71.0 Å².